The van der Waals surface area contributed by atoms with Crippen molar-refractivity contribution >= 4 is 45.1 Å². The third kappa shape index (κ3) is 5.46. The van der Waals surface area contributed by atoms with Gasteiger partial charge in [-0.25, -0.2) is 9.79 Å². The third-order valence-corrected chi connectivity index (χ3v) is 9.84. The standard InChI is InChI=1S/C40H37N3O4S/c1-6-46-39(45)36-25(4)41-40-43(37(36)31-19-10-12-21-34(31)47-24(2)3)38(44)35(48-40)22-32-26(5)42(33-20-11-9-18-30(32)33)23-28-16-13-15-27-14-7-8-17-29(27)28/h7-22,24,37H,6,23H2,1-5H3/b35-22-/t37-/m0/s1. The molecule has 7 nitrogen and oxygen atoms in total. The van der Waals surface area contributed by atoms with Gasteiger partial charge in [0.1, 0.15) is 11.8 Å². The van der Waals surface area contributed by atoms with Crippen molar-refractivity contribution in [3.8, 4) is 5.75 Å². The number of fused-ring (bicyclic) bond motifs is 3. The second-order valence-corrected chi connectivity index (χ2v) is 13.3. The molecule has 0 bridgehead atoms. The largest absolute Gasteiger partial charge is 0.491 e. The van der Waals surface area contributed by atoms with E-state index in [1.165, 1.54) is 27.7 Å². The summed E-state index contributed by atoms with van der Waals surface area (Å²) in [4.78, 5) is 33.3. The summed E-state index contributed by atoms with van der Waals surface area (Å²) in [6, 6.07) is 30.0. The van der Waals surface area contributed by atoms with Crippen molar-refractivity contribution in [2.45, 2.75) is 53.3 Å². The summed E-state index contributed by atoms with van der Waals surface area (Å²) in [7, 11) is 0. The Bertz CT molecular complexity index is 2420. The van der Waals surface area contributed by atoms with E-state index in [1.54, 1.807) is 18.4 Å². The van der Waals surface area contributed by atoms with Crippen molar-refractivity contribution < 1.29 is 14.3 Å². The monoisotopic (exact) mass is 655 g/mol. The maximum atomic E-state index is 14.5. The first-order valence-corrected chi connectivity index (χ1v) is 17.1. The van der Waals surface area contributed by atoms with Gasteiger partial charge in [-0.3, -0.25) is 9.36 Å². The highest BCUT2D eigenvalue weighted by atomic mass is 32.1. The topological polar surface area (TPSA) is 74.8 Å². The number of carbonyl (C=O) groups is 1. The molecular weight excluding hydrogens is 619 g/mol. The van der Waals surface area contributed by atoms with E-state index in [1.807, 2.05) is 50.3 Å². The molecule has 1 atom stereocenters. The summed E-state index contributed by atoms with van der Waals surface area (Å²) < 4.78 is 16.2. The molecule has 0 aliphatic carbocycles. The zero-order valence-electron chi connectivity index (χ0n) is 27.7. The van der Waals surface area contributed by atoms with Crippen LogP contribution in [0.4, 0.5) is 0 Å². The van der Waals surface area contributed by atoms with Gasteiger partial charge in [0.15, 0.2) is 4.80 Å². The smallest absolute Gasteiger partial charge is 0.338 e. The first kappa shape index (κ1) is 31.4. The quantitative estimate of drug-likeness (QED) is 0.165. The maximum Gasteiger partial charge on any atom is 0.338 e. The molecular formula is C40H37N3O4S. The molecule has 0 saturated heterocycles. The molecule has 0 N–H and O–H groups in total. The minimum absolute atomic E-state index is 0.104. The minimum Gasteiger partial charge on any atom is -0.491 e. The van der Waals surface area contributed by atoms with Crippen molar-refractivity contribution in [3.63, 3.8) is 0 Å². The lowest BCUT2D eigenvalue weighted by Gasteiger charge is -2.26. The molecule has 7 rings (SSSR count). The number of para-hydroxylation sites is 2. The normalized spacial score (nSPS) is 14.9. The maximum absolute atomic E-state index is 14.5. The lowest BCUT2D eigenvalue weighted by molar-refractivity contribution is -0.139. The van der Waals surface area contributed by atoms with E-state index in [2.05, 4.69) is 72.2 Å². The van der Waals surface area contributed by atoms with Crippen LogP contribution in [0.15, 0.2) is 112 Å². The number of thiazole rings is 1. The van der Waals surface area contributed by atoms with Gasteiger partial charge in [-0.2, -0.15) is 0 Å². The highest BCUT2D eigenvalue weighted by Crippen LogP contribution is 2.36. The van der Waals surface area contributed by atoms with E-state index in [4.69, 9.17) is 14.5 Å². The molecule has 242 valence electrons. The van der Waals surface area contributed by atoms with Crippen molar-refractivity contribution in [2.24, 2.45) is 4.99 Å². The predicted molar refractivity (Wildman–Crippen MR) is 192 cm³/mol. The number of allylic oxidation sites excluding steroid dienone is 1. The molecule has 2 aromatic heterocycles. The van der Waals surface area contributed by atoms with E-state index in [0.717, 1.165) is 22.2 Å². The molecule has 0 saturated carbocycles. The van der Waals surface area contributed by atoms with Crippen molar-refractivity contribution in [1.29, 1.82) is 0 Å². The van der Waals surface area contributed by atoms with Gasteiger partial charge < -0.3 is 14.0 Å². The number of ether oxygens (including phenoxy) is 2. The average Bonchev–Trinajstić information content (AvgIpc) is 3.52. The summed E-state index contributed by atoms with van der Waals surface area (Å²) in [5.74, 6) is 0.112. The lowest BCUT2D eigenvalue weighted by Crippen LogP contribution is -2.40. The Morgan fingerprint density at radius 2 is 1.65 bits per heavy atom. The van der Waals surface area contributed by atoms with Crippen LogP contribution in [0.1, 0.15) is 56.1 Å². The molecule has 3 heterocycles. The van der Waals surface area contributed by atoms with E-state index < -0.39 is 12.0 Å². The van der Waals surface area contributed by atoms with Gasteiger partial charge in [0.2, 0.25) is 0 Å². The first-order valence-electron chi connectivity index (χ1n) is 16.3. The molecule has 6 aromatic rings. The number of hydrogen-bond acceptors (Lipinski definition) is 6. The van der Waals surface area contributed by atoms with Crippen LogP contribution in [0, 0.1) is 6.92 Å². The number of aromatic nitrogens is 2. The number of benzene rings is 4. The zero-order chi connectivity index (χ0) is 33.5. The van der Waals surface area contributed by atoms with E-state index >= 15 is 0 Å². The number of hydrogen-bond donors (Lipinski definition) is 0. The van der Waals surface area contributed by atoms with Crippen LogP contribution in [-0.4, -0.2) is 27.8 Å². The number of esters is 1. The summed E-state index contributed by atoms with van der Waals surface area (Å²) in [6.45, 7) is 10.5. The fraction of sp³-hybridized carbons (Fsp3) is 0.225. The van der Waals surface area contributed by atoms with Crippen LogP contribution in [0.2, 0.25) is 0 Å². The minimum atomic E-state index is -0.758. The molecule has 1 aliphatic heterocycles. The average molecular weight is 656 g/mol. The van der Waals surface area contributed by atoms with Crippen LogP contribution in [0.25, 0.3) is 27.8 Å². The van der Waals surface area contributed by atoms with Gasteiger partial charge in [-0.05, 0) is 69.2 Å². The Labute approximate surface area is 282 Å². The Morgan fingerprint density at radius 1 is 0.938 bits per heavy atom. The number of carbonyl (C=O) groups excluding carboxylic acids is 1. The Morgan fingerprint density at radius 3 is 2.44 bits per heavy atom. The van der Waals surface area contributed by atoms with Crippen LogP contribution >= 0.6 is 11.3 Å². The molecule has 8 heteroatoms. The molecule has 1 aliphatic rings. The highest BCUT2D eigenvalue weighted by molar-refractivity contribution is 7.07. The van der Waals surface area contributed by atoms with E-state index in [-0.39, 0.29) is 18.3 Å². The van der Waals surface area contributed by atoms with Gasteiger partial charge in [0, 0.05) is 34.3 Å². The number of rotatable bonds is 8. The van der Waals surface area contributed by atoms with Crippen molar-refractivity contribution in [3.05, 3.63) is 144 Å². The Balaban J connectivity index is 1.42. The molecule has 0 radical (unpaired) electrons. The van der Waals surface area contributed by atoms with Gasteiger partial charge in [-0.15, -0.1) is 0 Å². The summed E-state index contributed by atoms with van der Waals surface area (Å²) >= 11 is 1.33. The van der Waals surface area contributed by atoms with Gasteiger partial charge in [0.05, 0.1) is 28.5 Å². The zero-order valence-corrected chi connectivity index (χ0v) is 28.5. The second-order valence-electron chi connectivity index (χ2n) is 12.2. The van der Waals surface area contributed by atoms with E-state index in [9.17, 15) is 9.59 Å². The molecule has 48 heavy (non-hydrogen) atoms. The SMILES string of the molecule is CCOC(=O)C1=C(C)N=c2s/c(=C\c3c(C)n(Cc4cccc5ccccc45)c4ccccc34)c(=O)n2[C@H]1c1ccccc1OC(C)C. The fourth-order valence-corrected chi connectivity index (χ4v) is 7.76. The second kappa shape index (κ2) is 12.8. The molecule has 4 aromatic carbocycles. The third-order valence-electron chi connectivity index (χ3n) is 8.86. The molecule has 0 fully saturated rings. The number of nitrogens with zero attached hydrogens (tertiary/aromatic N) is 3. The summed E-state index contributed by atoms with van der Waals surface area (Å²) in [5.41, 5.74) is 5.71. The van der Waals surface area contributed by atoms with Crippen LogP contribution in [0.5, 0.6) is 5.75 Å². The van der Waals surface area contributed by atoms with E-state index in [0.29, 0.717) is 38.5 Å². The summed E-state index contributed by atoms with van der Waals surface area (Å²) in [5, 5.41) is 3.50. The van der Waals surface area contributed by atoms with Gasteiger partial charge in [0.25, 0.3) is 5.56 Å². The first-order chi connectivity index (χ1) is 23.3. The van der Waals surface area contributed by atoms with Crippen LogP contribution < -0.4 is 19.6 Å². The van der Waals surface area contributed by atoms with Crippen molar-refractivity contribution in [1.82, 2.24) is 9.13 Å². The van der Waals surface area contributed by atoms with Crippen molar-refractivity contribution in [2.75, 3.05) is 6.61 Å². The highest BCUT2D eigenvalue weighted by Gasteiger charge is 2.35. The lowest BCUT2D eigenvalue weighted by atomic mass is 9.95. The Kier molecular flexibility index (Phi) is 8.35. The van der Waals surface area contributed by atoms with Crippen LogP contribution in [0.3, 0.4) is 0 Å². The van der Waals surface area contributed by atoms with Crippen LogP contribution in [-0.2, 0) is 16.1 Å². The molecule has 0 spiro atoms. The fourth-order valence-electron chi connectivity index (χ4n) is 6.73. The van der Waals surface area contributed by atoms with Gasteiger partial charge in [-0.1, -0.05) is 90.2 Å². The predicted octanol–water partition coefficient (Wildman–Crippen LogP) is 7.05. The molecule has 0 unspecified atom stereocenters. The summed E-state index contributed by atoms with van der Waals surface area (Å²) in [6.07, 6.45) is 1.88. The van der Waals surface area contributed by atoms with Gasteiger partial charge >= 0.3 is 5.97 Å². The molecule has 0 amide bonds. The Hall–Kier alpha value is -5.21.